The molecule has 0 spiro atoms. The van der Waals surface area contributed by atoms with Crippen molar-refractivity contribution in [2.24, 2.45) is 5.92 Å². The Bertz CT molecular complexity index is 1250. The van der Waals surface area contributed by atoms with Crippen molar-refractivity contribution in [1.29, 1.82) is 0 Å². The Morgan fingerprint density at radius 1 is 1.18 bits per heavy atom. The number of thiophene rings is 1. The normalized spacial score (nSPS) is 17.3. The lowest BCUT2D eigenvalue weighted by Crippen LogP contribution is -2.45. The number of hydrogen-bond acceptors (Lipinski definition) is 5. The number of carbonyl (C=O) groups excluding carboxylic acids is 1. The lowest BCUT2D eigenvalue weighted by atomic mass is 9.98. The summed E-state index contributed by atoms with van der Waals surface area (Å²) in [5, 5.41) is 6.49. The second-order valence-corrected chi connectivity index (χ2v) is 11.8. The molecule has 176 valence electrons. The number of aromatic nitrogens is 2. The molecule has 1 saturated heterocycles. The molecule has 33 heavy (non-hydrogen) atoms. The van der Waals surface area contributed by atoms with Crippen LogP contribution in [0, 0.1) is 26.7 Å². The van der Waals surface area contributed by atoms with Crippen LogP contribution in [-0.2, 0) is 21.4 Å². The van der Waals surface area contributed by atoms with Gasteiger partial charge in [-0.15, -0.1) is 11.3 Å². The molecule has 3 heterocycles. The standard InChI is InChI=1S/C24H30N4O3S2/c1-17-9-5-6-11-22(17)28-19(3)21(18(2)25-28)16-26(4)24(29)20-10-7-13-27(15-20)33(30,31)23-12-8-14-32-23/h5-6,8-9,11-12,14,20H,7,10,13,15-16H2,1-4H3. The molecule has 1 aliphatic heterocycles. The topological polar surface area (TPSA) is 75.5 Å². The second-order valence-electron chi connectivity index (χ2n) is 8.68. The number of nitrogens with zero attached hydrogens (tertiary/aromatic N) is 4. The molecule has 2 aromatic heterocycles. The van der Waals surface area contributed by atoms with Gasteiger partial charge in [0.2, 0.25) is 5.91 Å². The maximum atomic E-state index is 13.3. The number of hydrogen-bond donors (Lipinski definition) is 0. The third-order valence-corrected chi connectivity index (χ3v) is 9.62. The molecule has 3 aromatic rings. The number of piperidine rings is 1. The third kappa shape index (κ3) is 4.62. The molecule has 1 amide bonds. The Hall–Kier alpha value is -2.49. The highest BCUT2D eigenvalue weighted by Crippen LogP contribution is 2.28. The first-order chi connectivity index (χ1) is 15.7. The number of rotatable bonds is 6. The summed E-state index contributed by atoms with van der Waals surface area (Å²) in [5.74, 6) is -0.367. The Labute approximate surface area is 199 Å². The zero-order chi connectivity index (χ0) is 23.8. The number of amides is 1. The highest BCUT2D eigenvalue weighted by molar-refractivity contribution is 7.91. The molecule has 1 unspecified atom stereocenters. The number of sulfonamides is 1. The van der Waals surface area contributed by atoms with Gasteiger partial charge in [0.15, 0.2) is 0 Å². The molecule has 0 radical (unpaired) electrons. The number of para-hydroxylation sites is 1. The molecule has 1 aliphatic rings. The largest absolute Gasteiger partial charge is 0.341 e. The van der Waals surface area contributed by atoms with E-state index in [0.29, 0.717) is 30.1 Å². The van der Waals surface area contributed by atoms with Crippen molar-refractivity contribution in [2.45, 2.75) is 44.4 Å². The molecule has 7 nitrogen and oxygen atoms in total. The molecule has 0 aliphatic carbocycles. The third-order valence-electron chi connectivity index (χ3n) is 6.38. The van der Waals surface area contributed by atoms with Crippen molar-refractivity contribution in [3.05, 3.63) is 64.3 Å². The fourth-order valence-corrected chi connectivity index (χ4v) is 7.13. The van der Waals surface area contributed by atoms with E-state index in [1.165, 1.54) is 15.6 Å². The Kier molecular flexibility index (Phi) is 6.74. The Balaban J connectivity index is 1.50. The second kappa shape index (κ2) is 9.40. The summed E-state index contributed by atoms with van der Waals surface area (Å²) < 4.78 is 29.6. The monoisotopic (exact) mass is 486 g/mol. The number of carbonyl (C=O) groups is 1. The van der Waals surface area contributed by atoms with Gasteiger partial charge in [-0.2, -0.15) is 9.40 Å². The van der Waals surface area contributed by atoms with Crippen LogP contribution in [0.3, 0.4) is 0 Å². The van der Waals surface area contributed by atoms with E-state index in [1.54, 1.807) is 29.5 Å². The van der Waals surface area contributed by atoms with Crippen molar-refractivity contribution in [3.8, 4) is 5.69 Å². The minimum absolute atomic E-state index is 0.0245. The van der Waals surface area contributed by atoms with Crippen molar-refractivity contribution >= 4 is 27.3 Å². The van der Waals surface area contributed by atoms with Crippen LogP contribution in [0.2, 0.25) is 0 Å². The predicted octanol–water partition coefficient (Wildman–Crippen LogP) is 3.92. The van der Waals surface area contributed by atoms with Crippen LogP contribution in [0.4, 0.5) is 0 Å². The van der Waals surface area contributed by atoms with Crippen molar-refractivity contribution in [1.82, 2.24) is 19.0 Å². The summed E-state index contributed by atoms with van der Waals surface area (Å²) in [6.07, 6.45) is 1.37. The average Bonchev–Trinajstić information content (AvgIpc) is 3.44. The molecule has 4 rings (SSSR count). The zero-order valence-corrected chi connectivity index (χ0v) is 21.1. The quantitative estimate of drug-likeness (QED) is 0.529. The number of aryl methyl sites for hydroxylation is 2. The molecule has 0 bridgehead atoms. The maximum Gasteiger partial charge on any atom is 0.252 e. The van der Waals surface area contributed by atoms with Gasteiger partial charge in [-0.1, -0.05) is 24.3 Å². The highest BCUT2D eigenvalue weighted by atomic mass is 32.2. The van der Waals surface area contributed by atoms with E-state index in [0.717, 1.165) is 28.2 Å². The SMILES string of the molecule is Cc1ccccc1-n1nc(C)c(CN(C)C(=O)C2CCCN(S(=O)(=O)c3cccs3)C2)c1C. The molecule has 0 saturated carbocycles. The van der Waals surface area contributed by atoms with Gasteiger partial charge < -0.3 is 4.90 Å². The first kappa shape index (κ1) is 23.7. The Morgan fingerprint density at radius 2 is 1.94 bits per heavy atom. The van der Waals surface area contributed by atoms with Crippen LogP contribution in [0.1, 0.15) is 35.4 Å². The van der Waals surface area contributed by atoms with E-state index in [1.807, 2.05) is 36.7 Å². The van der Waals surface area contributed by atoms with Gasteiger partial charge in [-0.3, -0.25) is 4.79 Å². The minimum atomic E-state index is -3.55. The summed E-state index contributed by atoms with van der Waals surface area (Å²) in [6.45, 7) is 7.16. The van der Waals surface area contributed by atoms with E-state index in [9.17, 15) is 13.2 Å². The fraction of sp³-hybridized carbons (Fsp3) is 0.417. The van der Waals surface area contributed by atoms with Gasteiger partial charge in [0.1, 0.15) is 4.21 Å². The zero-order valence-electron chi connectivity index (χ0n) is 19.5. The van der Waals surface area contributed by atoms with Gasteiger partial charge in [0.05, 0.1) is 17.3 Å². The highest BCUT2D eigenvalue weighted by Gasteiger charge is 2.35. The Morgan fingerprint density at radius 3 is 2.64 bits per heavy atom. The van der Waals surface area contributed by atoms with Crippen LogP contribution >= 0.6 is 11.3 Å². The van der Waals surface area contributed by atoms with Crippen LogP contribution in [0.5, 0.6) is 0 Å². The first-order valence-corrected chi connectivity index (χ1v) is 13.4. The van der Waals surface area contributed by atoms with Crippen molar-refractivity contribution < 1.29 is 13.2 Å². The van der Waals surface area contributed by atoms with Crippen LogP contribution < -0.4 is 0 Å². The average molecular weight is 487 g/mol. The summed E-state index contributed by atoms with van der Waals surface area (Å²) in [4.78, 5) is 15.0. The van der Waals surface area contributed by atoms with Gasteiger partial charge in [0, 0.05) is 37.9 Å². The predicted molar refractivity (Wildman–Crippen MR) is 130 cm³/mol. The molecule has 1 aromatic carbocycles. The molecular weight excluding hydrogens is 456 g/mol. The van der Waals surface area contributed by atoms with Gasteiger partial charge >= 0.3 is 0 Å². The van der Waals surface area contributed by atoms with Crippen molar-refractivity contribution in [3.63, 3.8) is 0 Å². The van der Waals surface area contributed by atoms with Gasteiger partial charge in [-0.25, -0.2) is 13.1 Å². The summed E-state index contributed by atoms with van der Waals surface area (Å²) in [6, 6.07) is 11.4. The molecule has 9 heteroatoms. The van der Waals surface area contributed by atoms with Crippen LogP contribution in [-0.4, -0.2) is 53.4 Å². The van der Waals surface area contributed by atoms with Crippen LogP contribution in [0.15, 0.2) is 46.0 Å². The minimum Gasteiger partial charge on any atom is -0.341 e. The van der Waals surface area contributed by atoms with Crippen LogP contribution in [0.25, 0.3) is 5.69 Å². The lowest BCUT2D eigenvalue weighted by molar-refractivity contribution is -0.135. The number of benzene rings is 1. The summed E-state index contributed by atoms with van der Waals surface area (Å²) in [5.41, 5.74) is 5.08. The molecular formula is C24H30N4O3S2. The first-order valence-electron chi connectivity index (χ1n) is 11.1. The van der Waals surface area contributed by atoms with E-state index in [4.69, 9.17) is 5.10 Å². The maximum absolute atomic E-state index is 13.3. The van der Waals surface area contributed by atoms with E-state index in [2.05, 4.69) is 13.0 Å². The lowest BCUT2D eigenvalue weighted by Gasteiger charge is -2.33. The summed E-state index contributed by atoms with van der Waals surface area (Å²) in [7, 11) is -1.76. The molecule has 1 atom stereocenters. The van der Waals surface area contributed by atoms with Crippen molar-refractivity contribution in [2.75, 3.05) is 20.1 Å². The van der Waals surface area contributed by atoms with E-state index in [-0.39, 0.29) is 18.4 Å². The van der Waals surface area contributed by atoms with E-state index >= 15 is 0 Å². The smallest absolute Gasteiger partial charge is 0.252 e. The fourth-order valence-electron chi connectivity index (χ4n) is 4.47. The van der Waals surface area contributed by atoms with E-state index < -0.39 is 10.0 Å². The van der Waals surface area contributed by atoms with Gasteiger partial charge in [0.25, 0.3) is 10.0 Å². The summed E-state index contributed by atoms with van der Waals surface area (Å²) >= 11 is 1.21. The molecule has 0 N–H and O–H groups in total. The molecule has 1 fully saturated rings. The van der Waals surface area contributed by atoms with Gasteiger partial charge in [-0.05, 0) is 56.7 Å².